The zero-order valence-corrected chi connectivity index (χ0v) is 13.1. The fourth-order valence-corrected chi connectivity index (χ4v) is 6.14. The number of esters is 1. The third-order valence-corrected chi connectivity index (χ3v) is 6.89. The summed E-state index contributed by atoms with van der Waals surface area (Å²) in [6.07, 6.45) is 0.820. The topological polar surface area (TPSA) is 72.5 Å². The third-order valence-electron chi connectivity index (χ3n) is 2.81. The molecule has 0 spiro atoms. The van der Waals surface area contributed by atoms with Gasteiger partial charge in [-0.15, -0.1) is 11.3 Å². The maximum absolute atomic E-state index is 12.4. The van der Waals surface area contributed by atoms with E-state index in [4.69, 9.17) is 0 Å². The van der Waals surface area contributed by atoms with Gasteiger partial charge in [-0.05, 0) is 30.0 Å². The molecule has 2 heterocycles. The van der Waals surface area contributed by atoms with Gasteiger partial charge in [0.1, 0.15) is 9.77 Å². The van der Waals surface area contributed by atoms with Crippen LogP contribution < -0.4 is 4.72 Å². The molecule has 1 atom stereocenters. The van der Waals surface area contributed by atoms with Gasteiger partial charge in [0.05, 0.1) is 7.11 Å². The van der Waals surface area contributed by atoms with Crippen LogP contribution >= 0.6 is 23.1 Å². The fourth-order valence-electron chi connectivity index (χ4n) is 1.91. The molecule has 0 radical (unpaired) electrons. The van der Waals surface area contributed by atoms with Crippen LogP contribution in [-0.4, -0.2) is 39.0 Å². The van der Waals surface area contributed by atoms with E-state index in [2.05, 4.69) is 9.46 Å². The number of nitrogens with one attached hydrogen (secondary N) is 1. The number of thiophene rings is 1. The highest BCUT2D eigenvalue weighted by molar-refractivity contribution is 7.99. The van der Waals surface area contributed by atoms with Crippen molar-refractivity contribution in [2.24, 2.45) is 0 Å². The summed E-state index contributed by atoms with van der Waals surface area (Å²) in [5, 5.41) is 1.66. The van der Waals surface area contributed by atoms with Crippen molar-refractivity contribution in [3.05, 3.63) is 15.8 Å². The lowest BCUT2D eigenvalue weighted by Crippen LogP contribution is -2.35. The second-order valence-electron chi connectivity index (χ2n) is 4.25. The Morgan fingerprint density at radius 3 is 2.84 bits per heavy atom. The molecule has 2 rings (SSSR count). The molecule has 106 valence electrons. The Kier molecular flexibility index (Phi) is 4.54. The monoisotopic (exact) mass is 321 g/mol. The summed E-state index contributed by atoms with van der Waals surface area (Å²) >= 11 is 2.82. The number of thioether (sulfide) groups is 1. The van der Waals surface area contributed by atoms with E-state index in [0.717, 1.165) is 29.3 Å². The summed E-state index contributed by atoms with van der Waals surface area (Å²) < 4.78 is 32.1. The van der Waals surface area contributed by atoms with Crippen LogP contribution in [0.4, 0.5) is 0 Å². The number of hydrogen-bond acceptors (Lipinski definition) is 6. The highest BCUT2D eigenvalue weighted by atomic mass is 32.2. The molecule has 1 fully saturated rings. The van der Waals surface area contributed by atoms with Crippen LogP contribution in [0.5, 0.6) is 0 Å². The number of sulfonamides is 1. The SMILES string of the molecule is COC(=O)c1scc(C)c1S(=O)(=O)NC1CCSC1. The molecule has 1 aromatic rings. The maximum Gasteiger partial charge on any atom is 0.349 e. The fraction of sp³-hybridized carbons (Fsp3) is 0.545. The van der Waals surface area contributed by atoms with Gasteiger partial charge in [0.2, 0.25) is 10.0 Å². The smallest absolute Gasteiger partial charge is 0.349 e. The van der Waals surface area contributed by atoms with Gasteiger partial charge in [-0.2, -0.15) is 11.8 Å². The van der Waals surface area contributed by atoms with E-state index >= 15 is 0 Å². The van der Waals surface area contributed by atoms with Crippen LogP contribution in [0.3, 0.4) is 0 Å². The van der Waals surface area contributed by atoms with E-state index in [9.17, 15) is 13.2 Å². The molecular weight excluding hydrogens is 306 g/mol. The van der Waals surface area contributed by atoms with Gasteiger partial charge < -0.3 is 4.74 Å². The molecule has 0 aromatic carbocycles. The average molecular weight is 321 g/mol. The van der Waals surface area contributed by atoms with Gasteiger partial charge in [0.25, 0.3) is 0 Å². The molecular formula is C11H15NO4S3. The Hall–Kier alpha value is -0.570. The van der Waals surface area contributed by atoms with Crippen LogP contribution in [0, 0.1) is 6.92 Å². The number of carbonyl (C=O) groups excluding carboxylic acids is 1. The van der Waals surface area contributed by atoms with Gasteiger partial charge >= 0.3 is 5.97 Å². The number of carbonyl (C=O) groups is 1. The van der Waals surface area contributed by atoms with Crippen molar-refractivity contribution < 1.29 is 17.9 Å². The molecule has 1 N–H and O–H groups in total. The van der Waals surface area contributed by atoms with Gasteiger partial charge in [0.15, 0.2) is 0 Å². The lowest BCUT2D eigenvalue weighted by atomic mass is 10.3. The average Bonchev–Trinajstić information content (AvgIpc) is 2.97. The summed E-state index contributed by atoms with van der Waals surface area (Å²) in [5.41, 5.74) is 0.573. The molecule has 1 aromatic heterocycles. The predicted octanol–water partition coefficient (Wildman–Crippen LogP) is 1.63. The number of rotatable bonds is 4. The second-order valence-corrected chi connectivity index (χ2v) is 7.93. The minimum Gasteiger partial charge on any atom is -0.465 e. The van der Waals surface area contributed by atoms with Crippen molar-refractivity contribution in [1.82, 2.24) is 4.72 Å². The minimum absolute atomic E-state index is 0.0557. The molecule has 1 aliphatic rings. The van der Waals surface area contributed by atoms with Crippen LogP contribution in [0.2, 0.25) is 0 Å². The van der Waals surface area contributed by atoms with E-state index in [1.807, 2.05) is 0 Å². The Bertz CT molecular complexity index is 573. The van der Waals surface area contributed by atoms with E-state index < -0.39 is 16.0 Å². The first-order chi connectivity index (χ1) is 8.95. The van der Waals surface area contributed by atoms with Crippen LogP contribution in [0.1, 0.15) is 21.7 Å². The van der Waals surface area contributed by atoms with E-state index in [1.165, 1.54) is 7.11 Å². The van der Waals surface area contributed by atoms with Crippen molar-refractivity contribution in [1.29, 1.82) is 0 Å². The number of hydrogen-bond donors (Lipinski definition) is 1. The van der Waals surface area contributed by atoms with Crippen molar-refractivity contribution in [2.45, 2.75) is 24.3 Å². The first-order valence-electron chi connectivity index (χ1n) is 5.72. The normalized spacial score (nSPS) is 19.6. The molecule has 8 heteroatoms. The summed E-state index contributed by atoms with van der Waals surface area (Å²) in [7, 11) is -2.43. The largest absolute Gasteiger partial charge is 0.465 e. The maximum atomic E-state index is 12.4. The van der Waals surface area contributed by atoms with Crippen molar-refractivity contribution in [2.75, 3.05) is 18.6 Å². The van der Waals surface area contributed by atoms with Gasteiger partial charge in [-0.1, -0.05) is 0 Å². The third kappa shape index (κ3) is 3.13. The molecule has 0 amide bonds. The van der Waals surface area contributed by atoms with E-state index in [1.54, 1.807) is 24.1 Å². The number of aryl methyl sites for hydroxylation is 1. The molecule has 0 saturated carbocycles. The predicted molar refractivity (Wildman–Crippen MR) is 76.4 cm³/mol. The Balaban J connectivity index is 2.33. The summed E-state index contributed by atoms with van der Waals surface area (Å²) in [5.74, 6) is 1.12. The van der Waals surface area contributed by atoms with Crippen molar-refractivity contribution in [3.63, 3.8) is 0 Å². The van der Waals surface area contributed by atoms with Crippen LogP contribution in [0.15, 0.2) is 10.3 Å². The van der Waals surface area contributed by atoms with Crippen molar-refractivity contribution >= 4 is 39.1 Å². The first kappa shape index (κ1) is 14.8. The summed E-state index contributed by atoms with van der Waals surface area (Å²) in [6, 6.07) is -0.0557. The Morgan fingerprint density at radius 1 is 1.53 bits per heavy atom. The Labute approximate surface area is 120 Å². The van der Waals surface area contributed by atoms with Crippen LogP contribution in [0.25, 0.3) is 0 Å². The lowest BCUT2D eigenvalue weighted by Gasteiger charge is -2.12. The number of methoxy groups -OCH3 is 1. The molecule has 0 aliphatic carbocycles. The van der Waals surface area contributed by atoms with Gasteiger partial charge in [-0.3, -0.25) is 0 Å². The zero-order chi connectivity index (χ0) is 14.0. The minimum atomic E-state index is -3.67. The molecule has 19 heavy (non-hydrogen) atoms. The van der Waals surface area contributed by atoms with E-state index in [-0.39, 0.29) is 15.8 Å². The van der Waals surface area contributed by atoms with E-state index in [0.29, 0.717) is 5.56 Å². The standard InChI is InChI=1S/C11H15NO4S3/c1-7-5-18-9(11(13)16-2)10(7)19(14,15)12-8-3-4-17-6-8/h5,8,12H,3-4,6H2,1-2H3. The van der Waals surface area contributed by atoms with Crippen LogP contribution in [-0.2, 0) is 14.8 Å². The first-order valence-corrected chi connectivity index (χ1v) is 9.24. The number of ether oxygens (including phenoxy) is 1. The molecule has 5 nitrogen and oxygen atoms in total. The highest BCUT2D eigenvalue weighted by Gasteiger charge is 2.30. The Morgan fingerprint density at radius 2 is 2.26 bits per heavy atom. The summed E-state index contributed by atoms with van der Waals surface area (Å²) in [6.45, 7) is 1.68. The van der Waals surface area contributed by atoms with Gasteiger partial charge in [-0.25, -0.2) is 17.9 Å². The van der Waals surface area contributed by atoms with Crippen molar-refractivity contribution in [3.8, 4) is 0 Å². The molecule has 1 unspecified atom stereocenters. The second kappa shape index (κ2) is 5.82. The zero-order valence-electron chi connectivity index (χ0n) is 10.6. The molecule has 1 saturated heterocycles. The highest BCUT2D eigenvalue weighted by Crippen LogP contribution is 2.28. The molecule has 0 bridgehead atoms. The molecule has 1 aliphatic heterocycles. The van der Waals surface area contributed by atoms with Gasteiger partial charge in [0, 0.05) is 11.8 Å². The summed E-state index contributed by atoms with van der Waals surface area (Å²) in [4.78, 5) is 11.8. The quantitative estimate of drug-likeness (QED) is 0.853. The lowest BCUT2D eigenvalue weighted by molar-refractivity contribution is 0.0602.